The largest absolute Gasteiger partial charge is 0.497 e. The van der Waals surface area contributed by atoms with Gasteiger partial charge in [0.1, 0.15) is 11.5 Å². The average Bonchev–Trinajstić information content (AvgIpc) is 3.44. The van der Waals surface area contributed by atoms with Gasteiger partial charge in [-0.25, -0.2) is 4.68 Å². The summed E-state index contributed by atoms with van der Waals surface area (Å²) in [7, 11) is 1.64. The van der Waals surface area contributed by atoms with Crippen LogP contribution < -0.4 is 14.8 Å². The Kier molecular flexibility index (Phi) is 7.29. The lowest BCUT2D eigenvalue weighted by Gasteiger charge is -2.13. The van der Waals surface area contributed by atoms with E-state index >= 15 is 0 Å². The number of nitrogens with zero attached hydrogens (tertiary/aromatic N) is 2. The van der Waals surface area contributed by atoms with Crippen molar-refractivity contribution in [1.29, 1.82) is 0 Å². The maximum absolute atomic E-state index is 12.5. The molecule has 33 heavy (non-hydrogen) atoms. The van der Waals surface area contributed by atoms with Crippen molar-refractivity contribution in [2.45, 2.75) is 45.6 Å². The van der Waals surface area contributed by atoms with Crippen LogP contribution in [0.25, 0.3) is 5.69 Å². The summed E-state index contributed by atoms with van der Waals surface area (Å²) in [5, 5.41) is 7.74. The fourth-order valence-electron chi connectivity index (χ4n) is 3.98. The normalized spacial score (nSPS) is 15.4. The molecule has 0 unspecified atom stereocenters. The topological polar surface area (TPSA) is 74.6 Å². The highest BCUT2D eigenvalue weighted by molar-refractivity contribution is 5.76. The molecule has 1 aliphatic rings. The molecule has 1 fully saturated rings. The Morgan fingerprint density at radius 3 is 2.70 bits per heavy atom. The number of amides is 1. The maximum atomic E-state index is 12.5. The van der Waals surface area contributed by atoms with Crippen LogP contribution in [-0.2, 0) is 16.0 Å². The lowest BCUT2D eigenvalue weighted by atomic mass is 10.1. The predicted octanol–water partition coefficient (Wildman–Crippen LogP) is 4.52. The Hall–Kier alpha value is -3.32. The van der Waals surface area contributed by atoms with E-state index in [1.807, 2.05) is 62.4 Å². The highest BCUT2D eigenvalue weighted by atomic mass is 16.5. The average molecular weight is 450 g/mol. The second kappa shape index (κ2) is 10.5. The number of ether oxygens (including phenoxy) is 3. The minimum atomic E-state index is 0.00334. The molecule has 1 aliphatic heterocycles. The zero-order valence-corrected chi connectivity index (χ0v) is 19.5. The van der Waals surface area contributed by atoms with Gasteiger partial charge in [0.05, 0.1) is 24.6 Å². The molecule has 0 aliphatic carbocycles. The van der Waals surface area contributed by atoms with Crippen molar-refractivity contribution < 1.29 is 19.0 Å². The van der Waals surface area contributed by atoms with Gasteiger partial charge in [0, 0.05) is 25.1 Å². The van der Waals surface area contributed by atoms with E-state index in [9.17, 15) is 4.79 Å². The van der Waals surface area contributed by atoms with Crippen LogP contribution in [-0.4, -0.2) is 42.1 Å². The van der Waals surface area contributed by atoms with Crippen LogP contribution in [0.15, 0.2) is 48.5 Å². The van der Waals surface area contributed by atoms with Gasteiger partial charge < -0.3 is 19.5 Å². The summed E-state index contributed by atoms with van der Waals surface area (Å²) in [5.74, 6) is 2.12. The van der Waals surface area contributed by atoms with Crippen molar-refractivity contribution in [3.8, 4) is 23.1 Å². The third-order valence-electron chi connectivity index (χ3n) is 5.81. The highest BCUT2D eigenvalue weighted by Gasteiger charge is 2.21. The van der Waals surface area contributed by atoms with Gasteiger partial charge in [-0.2, -0.15) is 5.10 Å². The second-order valence-electron chi connectivity index (χ2n) is 8.34. The molecular weight excluding hydrogens is 418 g/mol. The number of carbonyl (C=O) groups excluding carboxylic acids is 1. The Morgan fingerprint density at radius 1 is 1.18 bits per heavy atom. The van der Waals surface area contributed by atoms with Gasteiger partial charge in [0.15, 0.2) is 0 Å². The zero-order valence-electron chi connectivity index (χ0n) is 19.5. The van der Waals surface area contributed by atoms with Crippen LogP contribution >= 0.6 is 0 Å². The predicted molar refractivity (Wildman–Crippen MR) is 126 cm³/mol. The van der Waals surface area contributed by atoms with Gasteiger partial charge in [-0.1, -0.05) is 12.1 Å². The number of nitrogens with one attached hydrogen (secondary N) is 1. The minimum Gasteiger partial charge on any atom is -0.497 e. The summed E-state index contributed by atoms with van der Waals surface area (Å²) in [5.41, 5.74) is 3.71. The van der Waals surface area contributed by atoms with Crippen molar-refractivity contribution >= 4 is 5.91 Å². The van der Waals surface area contributed by atoms with E-state index in [2.05, 4.69) is 5.32 Å². The number of aromatic nitrogens is 2. The zero-order chi connectivity index (χ0) is 23.2. The first-order valence-corrected chi connectivity index (χ1v) is 11.4. The molecule has 2 heterocycles. The van der Waals surface area contributed by atoms with Crippen LogP contribution in [0.5, 0.6) is 17.4 Å². The number of methoxy groups -OCH3 is 1. The molecule has 2 aromatic carbocycles. The third-order valence-corrected chi connectivity index (χ3v) is 5.81. The van der Waals surface area contributed by atoms with Gasteiger partial charge in [-0.3, -0.25) is 4.79 Å². The summed E-state index contributed by atoms with van der Waals surface area (Å²) in [6.07, 6.45) is 3.08. The van der Waals surface area contributed by atoms with Crippen molar-refractivity contribution in [2.75, 3.05) is 20.3 Å². The fourth-order valence-corrected chi connectivity index (χ4v) is 3.98. The Morgan fingerprint density at radius 2 is 2.00 bits per heavy atom. The Balaban J connectivity index is 1.56. The van der Waals surface area contributed by atoms with Gasteiger partial charge in [0.2, 0.25) is 11.8 Å². The molecule has 0 radical (unpaired) electrons. The van der Waals surface area contributed by atoms with Crippen molar-refractivity contribution in [3.05, 3.63) is 65.4 Å². The molecule has 1 atom stereocenters. The molecule has 7 heteroatoms. The number of aryl methyl sites for hydroxylation is 2. The highest BCUT2D eigenvalue weighted by Crippen LogP contribution is 2.32. The first-order valence-electron chi connectivity index (χ1n) is 11.4. The number of carbonyl (C=O) groups is 1. The molecule has 0 spiro atoms. The summed E-state index contributed by atoms with van der Waals surface area (Å²) in [4.78, 5) is 12.5. The van der Waals surface area contributed by atoms with E-state index in [0.717, 1.165) is 53.5 Å². The van der Waals surface area contributed by atoms with E-state index in [0.29, 0.717) is 25.3 Å². The summed E-state index contributed by atoms with van der Waals surface area (Å²) in [6, 6.07) is 15.5. The molecular formula is C26H31N3O4. The number of rotatable bonds is 9. The maximum Gasteiger partial charge on any atom is 0.226 e. The van der Waals surface area contributed by atoms with E-state index in [1.165, 1.54) is 0 Å². The summed E-state index contributed by atoms with van der Waals surface area (Å²) >= 11 is 0. The van der Waals surface area contributed by atoms with Crippen molar-refractivity contribution in [1.82, 2.24) is 15.1 Å². The Bertz CT molecular complexity index is 1090. The van der Waals surface area contributed by atoms with Crippen LogP contribution in [0, 0.1) is 13.8 Å². The molecule has 1 aromatic heterocycles. The monoisotopic (exact) mass is 449 g/mol. The van der Waals surface area contributed by atoms with Gasteiger partial charge >= 0.3 is 0 Å². The summed E-state index contributed by atoms with van der Waals surface area (Å²) in [6.45, 7) is 5.32. The Labute approximate surface area is 194 Å². The van der Waals surface area contributed by atoms with Crippen LogP contribution in [0.3, 0.4) is 0 Å². The van der Waals surface area contributed by atoms with Gasteiger partial charge in [-0.05, 0) is 75.1 Å². The molecule has 4 rings (SSSR count). The van der Waals surface area contributed by atoms with Gasteiger partial charge in [0.25, 0.3) is 0 Å². The molecule has 0 saturated carbocycles. The van der Waals surface area contributed by atoms with Crippen molar-refractivity contribution in [2.24, 2.45) is 0 Å². The lowest BCUT2D eigenvalue weighted by Crippen LogP contribution is -2.31. The van der Waals surface area contributed by atoms with E-state index in [4.69, 9.17) is 19.3 Å². The first kappa shape index (κ1) is 22.9. The summed E-state index contributed by atoms with van der Waals surface area (Å²) < 4.78 is 19.0. The fraction of sp³-hybridized carbons (Fsp3) is 0.385. The van der Waals surface area contributed by atoms with E-state index in [-0.39, 0.29) is 12.0 Å². The smallest absolute Gasteiger partial charge is 0.226 e. The van der Waals surface area contributed by atoms with E-state index in [1.54, 1.807) is 11.8 Å². The number of hydrogen-bond acceptors (Lipinski definition) is 5. The SMILES string of the molecule is COc1ccc(-n2nc(C)c(CCC(=O)NC[C@@H]3CCCO3)c2Oc2cccc(C)c2)cc1. The van der Waals surface area contributed by atoms with Crippen LogP contribution in [0.2, 0.25) is 0 Å². The molecule has 1 N–H and O–H groups in total. The van der Waals surface area contributed by atoms with Crippen LogP contribution in [0.4, 0.5) is 0 Å². The number of benzene rings is 2. The minimum absolute atomic E-state index is 0.00334. The molecule has 0 bridgehead atoms. The molecule has 7 nitrogen and oxygen atoms in total. The van der Waals surface area contributed by atoms with Gasteiger partial charge in [-0.15, -0.1) is 0 Å². The molecule has 3 aromatic rings. The van der Waals surface area contributed by atoms with E-state index < -0.39 is 0 Å². The third kappa shape index (κ3) is 5.73. The quantitative estimate of drug-likeness (QED) is 0.520. The molecule has 1 amide bonds. The molecule has 1 saturated heterocycles. The van der Waals surface area contributed by atoms with Crippen molar-refractivity contribution in [3.63, 3.8) is 0 Å². The van der Waals surface area contributed by atoms with Crippen LogP contribution in [0.1, 0.15) is 36.1 Å². The lowest BCUT2D eigenvalue weighted by molar-refractivity contribution is -0.121. The molecule has 174 valence electrons. The number of hydrogen-bond donors (Lipinski definition) is 1. The standard InChI is InChI=1S/C26H31N3O4/c1-18-6-4-7-22(16-18)33-26-24(13-14-25(30)27-17-23-8-5-15-32-23)19(2)28-29(26)20-9-11-21(31-3)12-10-20/h4,6-7,9-12,16,23H,5,8,13-15,17H2,1-3H3,(H,27,30)/t23-/m0/s1. The second-order valence-corrected chi connectivity index (χ2v) is 8.34. The first-order chi connectivity index (χ1) is 16.0.